The van der Waals surface area contributed by atoms with Gasteiger partial charge in [0.1, 0.15) is 11.2 Å². The SMILES string of the molecule is [C-]#[N+]c1ccc2c(c1)c1ccc(-c3cccc(-c4ccc5nc(-c6ccccc6)c6c(nc7ccccn76)c5c4)c3)cc1n2-c1ccccc1. The maximum Gasteiger partial charge on any atom is 0.188 e. The molecule has 10 aromatic rings. The van der Waals surface area contributed by atoms with Gasteiger partial charge in [0.2, 0.25) is 0 Å². The Labute approximate surface area is 287 Å². The van der Waals surface area contributed by atoms with Crippen LogP contribution in [0.5, 0.6) is 0 Å². The average molecular weight is 638 g/mol. The van der Waals surface area contributed by atoms with E-state index in [0.717, 1.165) is 88.6 Å². The van der Waals surface area contributed by atoms with Gasteiger partial charge in [0.05, 0.1) is 34.3 Å². The van der Waals surface area contributed by atoms with E-state index in [1.54, 1.807) is 0 Å². The van der Waals surface area contributed by atoms with Crippen molar-refractivity contribution in [3.8, 4) is 39.2 Å². The van der Waals surface area contributed by atoms with Gasteiger partial charge in [-0.3, -0.25) is 4.40 Å². The zero-order chi connectivity index (χ0) is 33.2. The molecular weight excluding hydrogens is 611 g/mol. The van der Waals surface area contributed by atoms with Crippen molar-refractivity contribution in [2.75, 3.05) is 0 Å². The van der Waals surface area contributed by atoms with Gasteiger partial charge in [0.25, 0.3) is 0 Å². The second-order valence-electron chi connectivity index (χ2n) is 12.6. The monoisotopic (exact) mass is 637 g/mol. The number of hydrogen-bond acceptors (Lipinski definition) is 2. The topological polar surface area (TPSA) is 39.5 Å². The third-order valence-corrected chi connectivity index (χ3v) is 9.71. The fourth-order valence-electron chi connectivity index (χ4n) is 7.37. The first kappa shape index (κ1) is 28.0. The fraction of sp³-hybridized carbons (Fsp3) is 0. The molecule has 5 nitrogen and oxygen atoms in total. The highest BCUT2D eigenvalue weighted by Gasteiger charge is 2.18. The van der Waals surface area contributed by atoms with Crippen LogP contribution in [0.1, 0.15) is 0 Å². The van der Waals surface area contributed by atoms with Crippen LogP contribution in [0.15, 0.2) is 164 Å². The Morgan fingerprint density at radius 2 is 1.22 bits per heavy atom. The lowest BCUT2D eigenvalue weighted by Crippen LogP contribution is -1.93. The molecule has 232 valence electrons. The number of fused-ring (bicyclic) bond motifs is 8. The van der Waals surface area contributed by atoms with E-state index in [0.29, 0.717) is 5.69 Å². The predicted molar refractivity (Wildman–Crippen MR) is 205 cm³/mol. The average Bonchev–Trinajstić information content (AvgIpc) is 3.74. The molecule has 0 amide bonds. The largest absolute Gasteiger partial charge is 0.309 e. The van der Waals surface area contributed by atoms with Gasteiger partial charge in [-0.05, 0) is 88.3 Å². The van der Waals surface area contributed by atoms with E-state index in [1.165, 1.54) is 0 Å². The zero-order valence-corrected chi connectivity index (χ0v) is 26.8. The fourth-order valence-corrected chi connectivity index (χ4v) is 7.37. The van der Waals surface area contributed by atoms with Crippen molar-refractivity contribution in [3.05, 3.63) is 175 Å². The Kier molecular flexibility index (Phi) is 6.17. The van der Waals surface area contributed by atoms with Gasteiger partial charge >= 0.3 is 0 Å². The summed E-state index contributed by atoms with van der Waals surface area (Å²) in [4.78, 5) is 14.0. The number of benzene rings is 6. The van der Waals surface area contributed by atoms with E-state index >= 15 is 0 Å². The highest BCUT2D eigenvalue weighted by Crippen LogP contribution is 2.39. The second-order valence-corrected chi connectivity index (χ2v) is 12.6. The van der Waals surface area contributed by atoms with Crippen LogP contribution in [0.2, 0.25) is 0 Å². The third-order valence-electron chi connectivity index (χ3n) is 9.71. The van der Waals surface area contributed by atoms with Gasteiger partial charge in [-0.1, -0.05) is 97.1 Å². The molecule has 0 aliphatic carbocycles. The molecule has 0 radical (unpaired) electrons. The van der Waals surface area contributed by atoms with Crippen LogP contribution in [-0.2, 0) is 0 Å². The van der Waals surface area contributed by atoms with Gasteiger partial charge in [-0.2, -0.15) is 0 Å². The summed E-state index contributed by atoms with van der Waals surface area (Å²) in [5.41, 5.74) is 14.2. The molecule has 0 bridgehead atoms. The maximum absolute atomic E-state index is 7.60. The highest BCUT2D eigenvalue weighted by molar-refractivity contribution is 6.12. The molecule has 0 saturated heterocycles. The van der Waals surface area contributed by atoms with Gasteiger partial charge in [-0.15, -0.1) is 0 Å². The van der Waals surface area contributed by atoms with Gasteiger partial charge < -0.3 is 4.57 Å². The molecule has 0 aliphatic heterocycles. The number of aromatic nitrogens is 4. The quantitative estimate of drug-likeness (QED) is 0.180. The molecule has 6 aromatic carbocycles. The molecule has 50 heavy (non-hydrogen) atoms. The molecule has 10 rings (SSSR count). The Morgan fingerprint density at radius 3 is 2.04 bits per heavy atom. The molecule has 4 heterocycles. The van der Waals surface area contributed by atoms with Crippen molar-refractivity contribution < 1.29 is 0 Å². The molecule has 0 unspecified atom stereocenters. The van der Waals surface area contributed by atoms with Crippen LogP contribution in [0, 0.1) is 6.57 Å². The maximum atomic E-state index is 7.60. The Balaban J connectivity index is 1.14. The van der Waals surface area contributed by atoms with Gasteiger partial charge in [0.15, 0.2) is 5.69 Å². The van der Waals surface area contributed by atoms with Crippen LogP contribution in [0.4, 0.5) is 5.69 Å². The van der Waals surface area contributed by atoms with Crippen molar-refractivity contribution in [2.45, 2.75) is 0 Å². The van der Waals surface area contributed by atoms with E-state index in [4.69, 9.17) is 16.5 Å². The smallest absolute Gasteiger partial charge is 0.188 e. The van der Waals surface area contributed by atoms with Crippen LogP contribution >= 0.6 is 0 Å². The summed E-state index contributed by atoms with van der Waals surface area (Å²) in [6, 6.07) is 54.8. The van der Waals surface area contributed by atoms with Crippen LogP contribution in [0.25, 0.3) is 93.4 Å². The normalized spacial score (nSPS) is 11.6. The summed E-state index contributed by atoms with van der Waals surface area (Å²) >= 11 is 0. The van der Waals surface area contributed by atoms with E-state index < -0.39 is 0 Å². The molecular formula is C45H27N5. The lowest BCUT2D eigenvalue weighted by molar-refractivity contribution is 1.18. The van der Waals surface area contributed by atoms with Gasteiger partial charge in [0, 0.05) is 28.2 Å². The van der Waals surface area contributed by atoms with Crippen molar-refractivity contribution in [1.82, 2.24) is 18.9 Å². The summed E-state index contributed by atoms with van der Waals surface area (Å²) in [6.07, 6.45) is 2.07. The van der Waals surface area contributed by atoms with Gasteiger partial charge in [-0.25, -0.2) is 14.8 Å². The lowest BCUT2D eigenvalue weighted by atomic mass is 9.97. The number of imidazole rings is 1. The molecule has 5 heteroatoms. The van der Waals surface area contributed by atoms with E-state index in [-0.39, 0.29) is 0 Å². The molecule has 0 N–H and O–H groups in total. The van der Waals surface area contributed by atoms with Crippen molar-refractivity contribution in [2.24, 2.45) is 0 Å². The first-order valence-corrected chi connectivity index (χ1v) is 16.6. The van der Waals surface area contributed by atoms with Crippen molar-refractivity contribution in [3.63, 3.8) is 0 Å². The summed E-state index contributed by atoms with van der Waals surface area (Å²) < 4.78 is 4.44. The first-order chi connectivity index (χ1) is 24.7. The standard InChI is InChI=1S/C45H27N5/c1-46-34-20-23-40-37(28-34)36-21-18-33(27-41(36)50(40)35-15-6-3-7-16-35)31-14-10-13-30(25-31)32-19-22-39-38(26-32)44-45(49-24-9-8-17-42(49)48-44)43(47-39)29-11-4-2-5-12-29/h2-28H. The van der Waals surface area contributed by atoms with Crippen LogP contribution in [0.3, 0.4) is 0 Å². The molecule has 0 spiro atoms. The van der Waals surface area contributed by atoms with E-state index in [9.17, 15) is 0 Å². The number of pyridine rings is 2. The number of hydrogen-bond donors (Lipinski definition) is 0. The summed E-state index contributed by atoms with van der Waals surface area (Å²) in [5.74, 6) is 0. The van der Waals surface area contributed by atoms with Crippen LogP contribution in [-0.4, -0.2) is 18.9 Å². The van der Waals surface area contributed by atoms with Crippen LogP contribution < -0.4 is 0 Å². The van der Waals surface area contributed by atoms with E-state index in [2.05, 4.69) is 135 Å². The summed E-state index contributed by atoms with van der Waals surface area (Å²) in [7, 11) is 0. The van der Waals surface area contributed by atoms with Crippen molar-refractivity contribution >= 4 is 55.1 Å². The van der Waals surface area contributed by atoms with Crippen molar-refractivity contribution in [1.29, 1.82) is 0 Å². The molecule has 0 atom stereocenters. The minimum atomic E-state index is 0.643. The Bertz CT molecular complexity index is 2980. The lowest BCUT2D eigenvalue weighted by Gasteiger charge is -2.11. The summed E-state index contributed by atoms with van der Waals surface area (Å²) in [5, 5.41) is 3.23. The molecule has 0 fully saturated rings. The minimum Gasteiger partial charge on any atom is -0.309 e. The first-order valence-electron chi connectivity index (χ1n) is 16.6. The Hall–Kier alpha value is -7.03. The third kappa shape index (κ3) is 4.33. The molecule has 4 aromatic heterocycles. The number of nitrogens with zero attached hydrogens (tertiary/aromatic N) is 5. The predicted octanol–water partition coefficient (Wildman–Crippen LogP) is 11.7. The molecule has 0 aliphatic rings. The highest BCUT2D eigenvalue weighted by atomic mass is 15.0. The second kappa shape index (κ2) is 11.0. The molecule has 0 saturated carbocycles. The Morgan fingerprint density at radius 1 is 0.500 bits per heavy atom. The number of para-hydroxylation sites is 1. The minimum absolute atomic E-state index is 0.643. The summed E-state index contributed by atoms with van der Waals surface area (Å²) in [6.45, 7) is 7.60. The zero-order valence-electron chi connectivity index (χ0n) is 26.8. The van der Waals surface area contributed by atoms with E-state index in [1.807, 2.05) is 42.5 Å². The number of rotatable bonds is 4.